The SMILES string of the molecule is C=CCOc1ccccc1CNc1ccc2cn[nH]c2c1. The first-order valence-corrected chi connectivity index (χ1v) is 6.85. The molecule has 0 amide bonds. The Hall–Kier alpha value is -2.75. The maximum atomic E-state index is 5.66. The maximum Gasteiger partial charge on any atom is 0.124 e. The Morgan fingerprint density at radius 2 is 2.14 bits per heavy atom. The predicted molar refractivity (Wildman–Crippen MR) is 85.6 cm³/mol. The third-order valence-corrected chi connectivity index (χ3v) is 3.25. The zero-order valence-corrected chi connectivity index (χ0v) is 11.7. The molecule has 2 aromatic carbocycles. The molecule has 0 aliphatic rings. The van der Waals surface area contributed by atoms with E-state index in [-0.39, 0.29) is 0 Å². The van der Waals surface area contributed by atoms with Gasteiger partial charge in [-0.05, 0) is 24.3 Å². The zero-order chi connectivity index (χ0) is 14.5. The number of nitrogens with one attached hydrogen (secondary N) is 2. The molecule has 3 rings (SSSR count). The summed E-state index contributed by atoms with van der Waals surface area (Å²) in [5.41, 5.74) is 3.19. The Labute approximate surface area is 123 Å². The van der Waals surface area contributed by atoms with Gasteiger partial charge in [-0.3, -0.25) is 5.10 Å². The molecule has 0 saturated carbocycles. The van der Waals surface area contributed by atoms with E-state index in [2.05, 4.69) is 34.2 Å². The van der Waals surface area contributed by atoms with Gasteiger partial charge in [0, 0.05) is 23.2 Å². The lowest BCUT2D eigenvalue weighted by Crippen LogP contribution is -2.03. The molecule has 4 heteroatoms. The Morgan fingerprint density at radius 1 is 1.24 bits per heavy atom. The Kier molecular flexibility index (Phi) is 3.87. The van der Waals surface area contributed by atoms with E-state index in [1.54, 1.807) is 6.08 Å². The summed E-state index contributed by atoms with van der Waals surface area (Å²) in [6.07, 6.45) is 3.56. The number of fused-ring (bicyclic) bond motifs is 1. The van der Waals surface area contributed by atoms with Gasteiger partial charge in [0.2, 0.25) is 0 Å². The molecule has 0 fully saturated rings. The normalized spacial score (nSPS) is 10.5. The number of benzene rings is 2. The summed E-state index contributed by atoms with van der Waals surface area (Å²) in [6, 6.07) is 14.1. The van der Waals surface area contributed by atoms with Crippen LogP contribution in [0.4, 0.5) is 5.69 Å². The third-order valence-electron chi connectivity index (χ3n) is 3.25. The lowest BCUT2D eigenvalue weighted by molar-refractivity contribution is 0.359. The van der Waals surface area contributed by atoms with E-state index >= 15 is 0 Å². The van der Waals surface area contributed by atoms with Crippen molar-refractivity contribution in [3.05, 3.63) is 66.9 Å². The minimum absolute atomic E-state index is 0.511. The van der Waals surface area contributed by atoms with Crippen molar-refractivity contribution < 1.29 is 4.74 Å². The number of aromatic nitrogens is 2. The van der Waals surface area contributed by atoms with E-state index < -0.39 is 0 Å². The van der Waals surface area contributed by atoms with Crippen LogP contribution in [0.3, 0.4) is 0 Å². The van der Waals surface area contributed by atoms with Gasteiger partial charge in [-0.2, -0.15) is 5.10 Å². The van der Waals surface area contributed by atoms with Gasteiger partial charge in [0.1, 0.15) is 12.4 Å². The molecule has 21 heavy (non-hydrogen) atoms. The Balaban J connectivity index is 1.73. The molecule has 0 saturated heterocycles. The van der Waals surface area contributed by atoms with Gasteiger partial charge in [0.15, 0.2) is 0 Å². The molecule has 0 radical (unpaired) electrons. The monoisotopic (exact) mass is 279 g/mol. The van der Waals surface area contributed by atoms with Crippen molar-refractivity contribution in [1.82, 2.24) is 10.2 Å². The number of anilines is 1. The fourth-order valence-electron chi connectivity index (χ4n) is 2.18. The summed E-state index contributed by atoms with van der Waals surface area (Å²) in [5.74, 6) is 0.882. The summed E-state index contributed by atoms with van der Waals surface area (Å²) in [5, 5.41) is 11.5. The van der Waals surface area contributed by atoms with Crippen molar-refractivity contribution in [3.63, 3.8) is 0 Å². The average molecular weight is 279 g/mol. The van der Waals surface area contributed by atoms with Crippen molar-refractivity contribution in [2.75, 3.05) is 11.9 Å². The summed E-state index contributed by atoms with van der Waals surface area (Å²) in [4.78, 5) is 0. The quantitative estimate of drug-likeness (QED) is 0.676. The number of nitrogens with zero attached hydrogens (tertiary/aromatic N) is 1. The minimum Gasteiger partial charge on any atom is -0.489 e. The second kappa shape index (κ2) is 6.13. The van der Waals surface area contributed by atoms with Crippen molar-refractivity contribution in [2.45, 2.75) is 6.54 Å². The number of hydrogen-bond donors (Lipinski definition) is 2. The van der Waals surface area contributed by atoms with Gasteiger partial charge in [0.05, 0.1) is 11.7 Å². The van der Waals surface area contributed by atoms with E-state index in [1.807, 2.05) is 36.5 Å². The largest absolute Gasteiger partial charge is 0.489 e. The summed E-state index contributed by atoms with van der Waals surface area (Å²) >= 11 is 0. The molecule has 106 valence electrons. The third kappa shape index (κ3) is 3.05. The molecule has 0 aliphatic carbocycles. The van der Waals surface area contributed by atoms with E-state index in [0.29, 0.717) is 13.2 Å². The summed E-state index contributed by atoms with van der Waals surface area (Å²) in [6.45, 7) is 4.89. The molecular formula is C17H17N3O. The molecule has 1 aromatic heterocycles. The van der Waals surface area contributed by atoms with E-state index in [1.165, 1.54) is 0 Å². The van der Waals surface area contributed by atoms with Crippen LogP contribution in [-0.4, -0.2) is 16.8 Å². The molecule has 2 N–H and O–H groups in total. The number of aromatic amines is 1. The van der Waals surface area contributed by atoms with Crippen LogP contribution in [-0.2, 0) is 6.54 Å². The van der Waals surface area contributed by atoms with Crippen molar-refractivity contribution >= 4 is 16.6 Å². The van der Waals surface area contributed by atoms with Crippen LogP contribution in [0, 0.1) is 0 Å². The Bertz CT molecular complexity index is 748. The van der Waals surface area contributed by atoms with Crippen LogP contribution in [0.15, 0.2) is 61.3 Å². The van der Waals surface area contributed by atoms with Crippen LogP contribution >= 0.6 is 0 Å². The minimum atomic E-state index is 0.511. The average Bonchev–Trinajstić information content (AvgIpc) is 2.99. The van der Waals surface area contributed by atoms with Crippen LogP contribution in [0.1, 0.15) is 5.56 Å². The van der Waals surface area contributed by atoms with Crippen LogP contribution in [0.5, 0.6) is 5.75 Å². The predicted octanol–water partition coefficient (Wildman–Crippen LogP) is 3.74. The number of para-hydroxylation sites is 1. The van der Waals surface area contributed by atoms with Crippen LogP contribution in [0.25, 0.3) is 10.9 Å². The molecule has 0 spiro atoms. The maximum absolute atomic E-state index is 5.66. The van der Waals surface area contributed by atoms with E-state index in [4.69, 9.17) is 4.74 Å². The first kappa shape index (κ1) is 13.2. The molecule has 0 bridgehead atoms. The molecule has 3 aromatic rings. The van der Waals surface area contributed by atoms with Gasteiger partial charge in [-0.15, -0.1) is 0 Å². The first-order valence-electron chi connectivity index (χ1n) is 6.85. The molecule has 4 nitrogen and oxygen atoms in total. The van der Waals surface area contributed by atoms with E-state index in [9.17, 15) is 0 Å². The van der Waals surface area contributed by atoms with Gasteiger partial charge in [0.25, 0.3) is 0 Å². The van der Waals surface area contributed by atoms with Crippen LogP contribution < -0.4 is 10.1 Å². The summed E-state index contributed by atoms with van der Waals surface area (Å²) < 4.78 is 5.66. The van der Waals surface area contributed by atoms with Crippen molar-refractivity contribution in [1.29, 1.82) is 0 Å². The summed E-state index contributed by atoms with van der Waals surface area (Å²) in [7, 11) is 0. The van der Waals surface area contributed by atoms with Gasteiger partial charge < -0.3 is 10.1 Å². The first-order chi connectivity index (χ1) is 10.4. The molecule has 0 unspecified atom stereocenters. The number of hydrogen-bond acceptors (Lipinski definition) is 3. The zero-order valence-electron chi connectivity index (χ0n) is 11.7. The highest BCUT2D eigenvalue weighted by atomic mass is 16.5. The number of rotatable bonds is 6. The molecule has 1 heterocycles. The molecule has 0 atom stereocenters. The smallest absolute Gasteiger partial charge is 0.124 e. The van der Waals surface area contributed by atoms with Crippen molar-refractivity contribution in [3.8, 4) is 5.75 Å². The van der Waals surface area contributed by atoms with Gasteiger partial charge in [-0.1, -0.05) is 30.9 Å². The highest BCUT2D eigenvalue weighted by Gasteiger charge is 2.03. The fraction of sp³-hybridized carbons (Fsp3) is 0.118. The lowest BCUT2D eigenvalue weighted by Gasteiger charge is -2.11. The molecule has 0 aliphatic heterocycles. The fourth-order valence-corrected chi connectivity index (χ4v) is 2.18. The highest BCUT2D eigenvalue weighted by Crippen LogP contribution is 2.21. The van der Waals surface area contributed by atoms with Crippen LogP contribution in [0.2, 0.25) is 0 Å². The van der Waals surface area contributed by atoms with E-state index in [0.717, 1.165) is 27.9 Å². The Morgan fingerprint density at radius 3 is 3.05 bits per heavy atom. The lowest BCUT2D eigenvalue weighted by atomic mass is 10.2. The topological polar surface area (TPSA) is 49.9 Å². The second-order valence-electron chi connectivity index (χ2n) is 4.73. The number of ether oxygens (including phenoxy) is 1. The second-order valence-corrected chi connectivity index (χ2v) is 4.73. The van der Waals surface area contributed by atoms with Crippen molar-refractivity contribution in [2.24, 2.45) is 0 Å². The number of H-pyrrole nitrogens is 1. The van der Waals surface area contributed by atoms with Gasteiger partial charge >= 0.3 is 0 Å². The molecular weight excluding hydrogens is 262 g/mol. The standard InChI is InChI=1S/C17H17N3O/c1-2-9-21-17-6-4-3-5-14(17)11-18-15-8-7-13-12-19-20-16(13)10-15/h2-8,10,12,18H,1,9,11H2,(H,19,20). The van der Waals surface area contributed by atoms with Gasteiger partial charge in [-0.25, -0.2) is 0 Å². The highest BCUT2D eigenvalue weighted by molar-refractivity contribution is 5.81.